The predicted octanol–water partition coefficient (Wildman–Crippen LogP) is 3.24. The van der Waals surface area contributed by atoms with Crippen molar-refractivity contribution in [1.82, 2.24) is 10.2 Å². The van der Waals surface area contributed by atoms with Crippen LogP contribution in [0.3, 0.4) is 0 Å². The minimum atomic E-state index is -0.519. The van der Waals surface area contributed by atoms with Crippen LogP contribution < -0.4 is 15.8 Å². The fourth-order valence-electron chi connectivity index (χ4n) is 3.47. The molecule has 9 heteroatoms. The maximum Gasteiger partial charge on any atom is 0.255 e. The molecule has 1 aliphatic heterocycles. The van der Waals surface area contributed by atoms with Crippen molar-refractivity contribution in [3.05, 3.63) is 65.5 Å². The summed E-state index contributed by atoms with van der Waals surface area (Å²) in [6.07, 6.45) is -0.170. The number of halogens is 2. The Hall–Kier alpha value is -2.40. The van der Waals surface area contributed by atoms with E-state index in [1.165, 1.54) is 12.1 Å². The number of carbonyl (C=O) groups excluding carboxylic acids is 1. The lowest BCUT2D eigenvalue weighted by molar-refractivity contribution is -0.119. The largest absolute Gasteiger partial charge is 0.484 e. The zero-order valence-electron chi connectivity index (χ0n) is 18.3. The van der Waals surface area contributed by atoms with E-state index in [1.807, 2.05) is 32.0 Å². The summed E-state index contributed by atoms with van der Waals surface area (Å²) in [4.78, 5) is 17.9. The molecule has 0 saturated carbocycles. The van der Waals surface area contributed by atoms with E-state index in [0.29, 0.717) is 25.4 Å². The van der Waals surface area contributed by atoms with Crippen molar-refractivity contribution in [2.75, 3.05) is 26.2 Å². The molecule has 2 aromatic carbocycles. The molecular formula is C23H30FIN4O3. The van der Waals surface area contributed by atoms with Gasteiger partial charge in [-0.25, -0.2) is 9.38 Å². The molecule has 7 nitrogen and oxygen atoms in total. The summed E-state index contributed by atoms with van der Waals surface area (Å²) >= 11 is 0. The first kappa shape index (κ1) is 25.9. The number of nitrogens with two attached hydrogens (primary N) is 1. The quantitative estimate of drug-likeness (QED) is 0.311. The van der Waals surface area contributed by atoms with Crippen molar-refractivity contribution >= 4 is 35.8 Å². The van der Waals surface area contributed by atoms with Crippen molar-refractivity contribution < 1.29 is 18.7 Å². The van der Waals surface area contributed by atoms with Gasteiger partial charge in [0.25, 0.3) is 5.91 Å². The third-order valence-electron chi connectivity index (χ3n) is 4.83. The number of rotatable bonds is 7. The molecule has 32 heavy (non-hydrogen) atoms. The van der Waals surface area contributed by atoms with E-state index >= 15 is 0 Å². The Morgan fingerprint density at radius 1 is 1.28 bits per heavy atom. The van der Waals surface area contributed by atoms with Gasteiger partial charge in [0.1, 0.15) is 17.7 Å². The van der Waals surface area contributed by atoms with E-state index in [9.17, 15) is 9.18 Å². The standard InChI is InChI=1S/C23H29FN4O3.HI/c1-3-26-23(27-12-17-5-4-6-20(11-17)30-15-22(25)29)28-13-16(2)31-21(14-28)18-7-9-19(24)10-8-18;/h4-11,16,21H,3,12-15H2,1-2H3,(H2,25,29)(H,26,27);1H. The molecular weight excluding hydrogens is 526 g/mol. The van der Waals surface area contributed by atoms with Crippen molar-refractivity contribution in [3.63, 3.8) is 0 Å². The van der Waals surface area contributed by atoms with E-state index < -0.39 is 5.91 Å². The summed E-state index contributed by atoms with van der Waals surface area (Å²) in [6.45, 7) is 6.37. The summed E-state index contributed by atoms with van der Waals surface area (Å²) < 4.78 is 24.8. The highest BCUT2D eigenvalue weighted by molar-refractivity contribution is 14.0. The number of primary amides is 1. The number of nitrogens with one attached hydrogen (secondary N) is 1. The molecule has 0 aliphatic carbocycles. The average molecular weight is 556 g/mol. The first-order valence-corrected chi connectivity index (χ1v) is 10.4. The molecule has 0 radical (unpaired) electrons. The molecule has 1 heterocycles. The number of carbonyl (C=O) groups is 1. The number of hydrogen-bond acceptors (Lipinski definition) is 4. The summed E-state index contributed by atoms with van der Waals surface area (Å²) in [5.74, 6) is 0.581. The molecule has 0 bridgehead atoms. The maximum atomic E-state index is 13.3. The van der Waals surface area contributed by atoms with Crippen LogP contribution in [0, 0.1) is 5.82 Å². The van der Waals surface area contributed by atoms with Gasteiger partial charge in [0, 0.05) is 13.1 Å². The van der Waals surface area contributed by atoms with E-state index in [0.717, 1.165) is 23.6 Å². The normalized spacial score (nSPS) is 18.6. The van der Waals surface area contributed by atoms with Crippen molar-refractivity contribution in [3.8, 4) is 5.75 Å². The molecule has 1 saturated heterocycles. The van der Waals surface area contributed by atoms with Gasteiger partial charge in [0.15, 0.2) is 12.6 Å². The SMILES string of the molecule is CCNC(=NCc1cccc(OCC(N)=O)c1)N1CC(C)OC(c2ccc(F)cc2)C1.I. The molecule has 2 atom stereocenters. The van der Waals surface area contributed by atoms with Crippen molar-refractivity contribution in [2.24, 2.45) is 10.7 Å². The maximum absolute atomic E-state index is 13.3. The second kappa shape index (κ2) is 12.6. The number of amides is 1. The molecule has 174 valence electrons. The Labute approximate surface area is 205 Å². The lowest BCUT2D eigenvalue weighted by Gasteiger charge is -2.38. The smallest absolute Gasteiger partial charge is 0.255 e. The van der Waals surface area contributed by atoms with Crippen LogP contribution in [0.2, 0.25) is 0 Å². The number of nitrogens with zero attached hydrogens (tertiary/aromatic N) is 2. The molecule has 3 N–H and O–H groups in total. The van der Waals surface area contributed by atoms with Crippen LogP contribution in [-0.2, 0) is 16.1 Å². The highest BCUT2D eigenvalue weighted by Crippen LogP contribution is 2.25. The second-order valence-electron chi connectivity index (χ2n) is 7.46. The number of guanidine groups is 1. The Bertz CT molecular complexity index is 910. The Kier molecular flexibility index (Phi) is 10.2. The molecule has 3 rings (SSSR count). The van der Waals surface area contributed by atoms with Gasteiger partial charge in [-0.05, 0) is 49.2 Å². The minimum absolute atomic E-state index is 0. The van der Waals surface area contributed by atoms with Crippen LogP contribution in [0.15, 0.2) is 53.5 Å². The third-order valence-corrected chi connectivity index (χ3v) is 4.83. The topological polar surface area (TPSA) is 89.2 Å². The lowest BCUT2D eigenvalue weighted by Crippen LogP contribution is -2.50. The van der Waals surface area contributed by atoms with E-state index in [4.69, 9.17) is 20.2 Å². The van der Waals surface area contributed by atoms with E-state index in [1.54, 1.807) is 18.2 Å². The van der Waals surface area contributed by atoms with Crippen LogP contribution in [0.25, 0.3) is 0 Å². The fraction of sp³-hybridized carbons (Fsp3) is 0.391. The number of ether oxygens (including phenoxy) is 2. The minimum Gasteiger partial charge on any atom is -0.484 e. The fourth-order valence-corrected chi connectivity index (χ4v) is 3.47. The van der Waals surface area contributed by atoms with E-state index in [-0.39, 0.29) is 48.6 Å². The van der Waals surface area contributed by atoms with Gasteiger partial charge in [0.2, 0.25) is 0 Å². The molecule has 1 aliphatic rings. The summed E-state index contributed by atoms with van der Waals surface area (Å²) in [5, 5.41) is 3.35. The van der Waals surface area contributed by atoms with Gasteiger partial charge in [-0.1, -0.05) is 24.3 Å². The Morgan fingerprint density at radius 3 is 2.72 bits per heavy atom. The highest BCUT2D eigenvalue weighted by Gasteiger charge is 2.28. The molecule has 2 unspecified atom stereocenters. The molecule has 0 aromatic heterocycles. The lowest BCUT2D eigenvalue weighted by atomic mass is 10.1. The van der Waals surface area contributed by atoms with Crippen LogP contribution in [0.1, 0.15) is 31.1 Å². The molecule has 0 spiro atoms. The first-order valence-electron chi connectivity index (χ1n) is 10.4. The molecule has 2 aromatic rings. The van der Waals surface area contributed by atoms with Gasteiger partial charge in [-0.15, -0.1) is 24.0 Å². The number of morpholine rings is 1. The van der Waals surface area contributed by atoms with Gasteiger partial charge >= 0.3 is 0 Å². The second-order valence-corrected chi connectivity index (χ2v) is 7.46. The van der Waals surface area contributed by atoms with Gasteiger partial charge in [-0.3, -0.25) is 4.79 Å². The van der Waals surface area contributed by atoms with Crippen LogP contribution >= 0.6 is 24.0 Å². The van der Waals surface area contributed by atoms with Crippen LogP contribution in [-0.4, -0.2) is 49.1 Å². The van der Waals surface area contributed by atoms with Crippen molar-refractivity contribution in [2.45, 2.75) is 32.6 Å². The number of hydrogen-bond donors (Lipinski definition) is 2. The van der Waals surface area contributed by atoms with Gasteiger partial charge < -0.3 is 25.4 Å². The average Bonchev–Trinajstić information content (AvgIpc) is 2.75. The number of aliphatic imine (C=N–C) groups is 1. The zero-order chi connectivity index (χ0) is 22.2. The molecule has 1 fully saturated rings. The monoisotopic (exact) mass is 556 g/mol. The number of benzene rings is 2. The summed E-state index contributed by atoms with van der Waals surface area (Å²) in [7, 11) is 0. The zero-order valence-corrected chi connectivity index (χ0v) is 20.6. The summed E-state index contributed by atoms with van der Waals surface area (Å²) in [6, 6.07) is 13.9. The Balaban J connectivity index is 0.00000363. The Morgan fingerprint density at radius 2 is 2.03 bits per heavy atom. The molecule has 1 amide bonds. The third kappa shape index (κ3) is 7.63. The van der Waals surface area contributed by atoms with E-state index in [2.05, 4.69) is 10.2 Å². The van der Waals surface area contributed by atoms with Gasteiger partial charge in [-0.2, -0.15) is 0 Å². The first-order chi connectivity index (χ1) is 14.9. The highest BCUT2D eigenvalue weighted by atomic mass is 127. The van der Waals surface area contributed by atoms with Crippen LogP contribution in [0.4, 0.5) is 4.39 Å². The van der Waals surface area contributed by atoms with Gasteiger partial charge in [0.05, 0.1) is 19.2 Å². The van der Waals surface area contributed by atoms with Crippen molar-refractivity contribution in [1.29, 1.82) is 0 Å². The predicted molar refractivity (Wildman–Crippen MR) is 133 cm³/mol. The van der Waals surface area contributed by atoms with Crippen LogP contribution in [0.5, 0.6) is 5.75 Å². The summed E-state index contributed by atoms with van der Waals surface area (Å²) in [5.41, 5.74) is 7.03.